The Labute approximate surface area is 217 Å². The van der Waals surface area contributed by atoms with E-state index in [9.17, 15) is 0 Å². The van der Waals surface area contributed by atoms with Gasteiger partial charge in [-0.15, -0.1) is 0 Å². The highest BCUT2D eigenvalue weighted by Crippen LogP contribution is 2.24. The van der Waals surface area contributed by atoms with E-state index in [2.05, 4.69) is 75.4 Å². The van der Waals surface area contributed by atoms with Crippen LogP contribution in [0.2, 0.25) is 0 Å². The van der Waals surface area contributed by atoms with Gasteiger partial charge < -0.3 is 0 Å². The van der Waals surface area contributed by atoms with E-state index in [-0.39, 0.29) is 0 Å². The molecule has 0 radical (unpaired) electrons. The molecule has 0 aliphatic heterocycles. The van der Waals surface area contributed by atoms with Gasteiger partial charge in [0.2, 0.25) is 0 Å². The molecule has 7 heteroatoms. The summed E-state index contributed by atoms with van der Waals surface area (Å²) >= 11 is 0. The van der Waals surface area contributed by atoms with Crippen molar-refractivity contribution in [1.82, 2.24) is 29.1 Å². The molecular formula is C30H27BN6. The molecule has 3 aromatic heterocycles. The number of aryl methyl sites for hydroxylation is 3. The molecule has 0 atom stereocenters. The van der Waals surface area contributed by atoms with Crippen LogP contribution in [0.5, 0.6) is 0 Å². The molecule has 37 heavy (non-hydrogen) atoms. The molecule has 0 saturated carbocycles. The first-order valence-electron chi connectivity index (χ1n) is 12.4. The average Bonchev–Trinajstić information content (AvgIpc) is 3.64. The molecule has 6 nitrogen and oxygen atoms in total. The largest absolute Gasteiger partial charge is 0.569 e. The third-order valence-electron chi connectivity index (χ3n) is 6.63. The third kappa shape index (κ3) is 4.29. The van der Waals surface area contributed by atoms with Gasteiger partial charge in [-0.05, 0) is 39.0 Å². The monoisotopic (exact) mass is 482 g/mol. The topological polar surface area (TPSA) is 53.5 Å². The number of benzene rings is 3. The highest BCUT2D eigenvalue weighted by Gasteiger charge is 2.33. The Bertz CT molecular complexity index is 1450. The minimum Gasteiger partial charge on any atom is -0.265 e. The summed E-state index contributed by atoms with van der Waals surface area (Å²) in [5, 5.41) is 15.2. The van der Waals surface area contributed by atoms with Crippen LogP contribution in [0.3, 0.4) is 0 Å². The van der Waals surface area contributed by atoms with Gasteiger partial charge in [-0.1, -0.05) is 91.0 Å². The molecule has 3 heterocycles. The standard InChI is InChI=1S/C30H27BN6/c1-22-19-28(25-13-7-4-8-14-25)32-35(22)31(36-23(2)20-29(33-36)26-15-9-5-10-16-26)37-24(3)21-30(34-37)27-17-11-6-12-18-27/h4-21H,1-3H3. The predicted molar refractivity (Wildman–Crippen MR) is 149 cm³/mol. The predicted octanol–water partition coefficient (Wildman–Crippen LogP) is 6.13. The van der Waals surface area contributed by atoms with Crippen molar-refractivity contribution in [3.05, 3.63) is 126 Å². The van der Waals surface area contributed by atoms with Crippen molar-refractivity contribution in [2.75, 3.05) is 0 Å². The van der Waals surface area contributed by atoms with E-state index in [4.69, 9.17) is 15.3 Å². The zero-order valence-electron chi connectivity index (χ0n) is 21.2. The lowest BCUT2D eigenvalue weighted by Crippen LogP contribution is -2.45. The van der Waals surface area contributed by atoms with Crippen molar-refractivity contribution in [1.29, 1.82) is 0 Å². The first-order valence-corrected chi connectivity index (χ1v) is 12.4. The minimum atomic E-state index is -0.410. The van der Waals surface area contributed by atoms with Gasteiger partial charge in [0.25, 0.3) is 0 Å². The second kappa shape index (κ2) is 9.43. The Hall–Kier alpha value is -4.65. The molecule has 6 aromatic rings. The molecule has 0 amide bonds. The zero-order chi connectivity index (χ0) is 25.4. The Kier molecular flexibility index (Phi) is 5.81. The summed E-state index contributed by atoms with van der Waals surface area (Å²) in [5.74, 6) is 0. The highest BCUT2D eigenvalue weighted by atomic mass is 15.5. The number of hydrogen-bond donors (Lipinski definition) is 0. The first kappa shape index (κ1) is 22.8. The van der Waals surface area contributed by atoms with Crippen molar-refractivity contribution in [2.24, 2.45) is 0 Å². The normalized spacial score (nSPS) is 11.1. The van der Waals surface area contributed by atoms with E-state index in [1.54, 1.807) is 0 Å². The summed E-state index contributed by atoms with van der Waals surface area (Å²) in [6.07, 6.45) is 0. The van der Waals surface area contributed by atoms with Gasteiger partial charge in [0, 0.05) is 33.8 Å². The lowest BCUT2D eigenvalue weighted by atomic mass is 9.93. The van der Waals surface area contributed by atoms with Crippen molar-refractivity contribution in [2.45, 2.75) is 20.8 Å². The van der Waals surface area contributed by atoms with Crippen LogP contribution in [-0.4, -0.2) is 36.2 Å². The Morgan fingerprint density at radius 2 is 0.703 bits per heavy atom. The number of aromatic nitrogens is 6. The molecule has 0 spiro atoms. The van der Waals surface area contributed by atoms with Crippen LogP contribution in [0, 0.1) is 20.8 Å². The SMILES string of the molecule is Cc1cc(-c2ccccc2)nn1B(n1nc(-c2ccccc2)cc1C)n1nc(-c2ccccc2)cc1C. The van der Waals surface area contributed by atoms with Gasteiger partial charge in [0.1, 0.15) is 0 Å². The van der Waals surface area contributed by atoms with E-state index >= 15 is 0 Å². The van der Waals surface area contributed by atoms with Crippen LogP contribution < -0.4 is 0 Å². The van der Waals surface area contributed by atoms with Crippen LogP contribution in [0.1, 0.15) is 17.1 Å². The lowest BCUT2D eigenvalue weighted by molar-refractivity contribution is 0.743. The van der Waals surface area contributed by atoms with Gasteiger partial charge in [-0.2, -0.15) is 15.3 Å². The number of hydrogen-bond acceptors (Lipinski definition) is 3. The molecule has 0 aliphatic rings. The Morgan fingerprint density at radius 1 is 0.432 bits per heavy atom. The van der Waals surface area contributed by atoms with E-state index in [0.717, 1.165) is 50.9 Å². The fourth-order valence-corrected chi connectivity index (χ4v) is 4.73. The van der Waals surface area contributed by atoms with Crippen LogP contribution in [0.15, 0.2) is 109 Å². The van der Waals surface area contributed by atoms with Crippen molar-refractivity contribution >= 4 is 7.12 Å². The van der Waals surface area contributed by atoms with Crippen LogP contribution in [-0.2, 0) is 0 Å². The zero-order valence-corrected chi connectivity index (χ0v) is 21.2. The van der Waals surface area contributed by atoms with Crippen molar-refractivity contribution in [3.8, 4) is 33.8 Å². The molecule has 0 fully saturated rings. The van der Waals surface area contributed by atoms with Crippen molar-refractivity contribution < 1.29 is 0 Å². The van der Waals surface area contributed by atoms with Crippen LogP contribution in [0.4, 0.5) is 0 Å². The van der Waals surface area contributed by atoms with Gasteiger partial charge in [-0.3, -0.25) is 13.8 Å². The van der Waals surface area contributed by atoms with Gasteiger partial charge >= 0.3 is 7.12 Å². The number of rotatable bonds is 6. The van der Waals surface area contributed by atoms with Crippen LogP contribution in [0.25, 0.3) is 33.8 Å². The van der Waals surface area contributed by atoms with Gasteiger partial charge in [0.05, 0.1) is 17.1 Å². The van der Waals surface area contributed by atoms with Gasteiger partial charge in [-0.25, -0.2) is 0 Å². The summed E-state index contributed by atoms with van der Waals surface area (Å²) in [6, 6.07) is 37.1. The minimum absolute atomic E-state index is 0.410. The maximum Gasteiger partial charge on any atom is 0.569 e. The highest BCUT2D eigenvalue weighted by molar-refractivity contribution is 6.53. The van der Waals surface area contributed by atoms with Gasteiger partial charge in [0.15, 0.2) is 0 Å². The fourth-order valence-electron chi connectivity index (χ4n) is 4.73. The second-order valence-electron chi connectivity index (χ2n) is 9.29. The molecule has 0 N–H and O–H groups in total. The summed E-state index contributed by atoms with van der Waals surface area (Å²) in [7, 11) is -0.410. The first-order chi connectivity index (χ1) is 18.1. The molecule has 0 bridgehead atoms. The summed E-state index contributed by atoms with van der Waals surface area (Å²) in [4.78, 5) is 0. The van der Waals surface area contributed by atoms with Crippen LogP contribution >= 0.6 is 0 Å². The second-order valence-corrected chi connectivity index (χ2v) is 9.29. The molecular weight excluding hydrogens is 455 g/mol. The smallest absolute Gasteiger partial charge is 0.265 e. The fraction of sp³-hybridized carbons (Fsp3) is 0.100. The summed E-state index contributed by atoms with van der Waals surface area (Å²) in [6.45, 7) is 6.25. The van der Waals surface area contributed by atoms with E-state index in [1.807, 2.05) is 68.4 Å². The maximum absolute atomic E-state index is 5.07. The molecule has 0 unspecified atom stereocenters. The van der Waals surface area contributed by atoms with E-state index in [0.29, 0.717) is 0 Å². The lowest BCUT2D eigenvalue weighted by Gasteiger charge is -2.18. The maximum atomic E-state index is 5.07. The van der Waals surface area contributed by atoms with E-state index < -0.39 is 7.12 Å². The molecule has 0 saturated heterocycles. The van der Waals surface area contributed by atoms with E-state index in [1.165, 1.54) is 0 Å². The number of nitrogens with zero attached hydrogens (tertiary/aromatic N) is 6. The third-order valence-corrected chi connectivity index (χ3v) is 6.63. The molecule has 6 rings (SSSR count). The summed E-state index contributed by atoms with van der Waals surface area (Å²) < 4.78 is 6.06. The average molecular weight is 482 g/mol. The Morgan fingerprint density at radius 3 is 0.973 bits per heavy atom. The quantitative estimate of drug-likeness (QED) is 0.268. The molecule has 3 aromatic carbocycles. The molecule has 180 valence electrons. The summed E-state index contributed by atoms with van der Waals surface area (Å²) in [5.41, 5.74) is 9.06. The molecule has 0 aliphatic carbocycles. The Balaban J connectivity index is 1.53. The van der Waals surface area contributed by atoms with Crippen molar-refractivity contribution in [3.63, 3.8) is 0 Å².